The molecule has 2 aliphatic carbocycles. The largest absolute Gasteiger partial charge is 0.399 e. The molecule has 2 fully saturated rings. The standard InChI is InChI=1S/C21H28N4O3.ClH/c1-13-5-2-3-10-21(13)19(27)25(20(28)24-21)12-18(26)23-17-7-4-6-14-11-15(22)8-9-16(14)17;/h8-9,11,13,17H,2-7,10,12,22H2,1H3,(H,23,26)(H,24,28);1H. The fourth-order valence-electron chi connectivity index (χ4n) is 5.01. The van der Waals surface area contributed by atoms with Gasteiger partial charge in [0, 0.05) is 5.69 Å². The van der Waals surface area contributed by atoms with Crippen LogP contribution < -0.4 is 16.4 Å². The number of aryl methyl sites for hydroxylation is 1. The number of carbonyl (C=O) groups is 3. The number of carbonyl (C=O) groups excluding carboxylic acids is 3. The number of nitrogens with zero attached hydrogens (tertiary/aromatic N) is 1. The van der Waals surface area contributed by atoms with Crippen LogP contribution in [0.3, 0.4) is 0 Å². The third-order valence-electron chi connectivity index (χ3n) is 6.62. The molecule has 1 saturated carbocycles. The topological polar surface area (TPSA) is 105 Å². The molecule has 1 saturated heterocycles. The summed E-state index contributed by atoms with van der Waals surface area (Å²) in [6.45, 7) is 1.77. The summed E-state index contributed by atoms with van der Waals surface area (Å²) in [5.74, 6) is -0.475. The summed E-state index contributed by atoms with van der Waals surface area (Å²) >= 11 is 0. The van der Waals surface area contributed by atoms with Gasteiger partial charge in [-0.15, -0.1) is 12.4 Å². The highest BCUT2D eigenvalue weighted by Gasteiger charge is 2.55. The van der Waals surface area contributed by atoms with Crippen LogP contribution in [0.15, 0.2) is 18.2 Å². The molecular formula is C21H29ClN4O3. The van der Waals surface area contributed by atoms with Gasteiger partial charge in [-0.05, 0) is 61.3 Å². The lowest BCUT2D eigenvalue weighted by molar-refractivity contribution is -0.137. The van der Waals surface area contributed by atoms with Gasteiger partial charge in [0.2, 0.25) is 5.91 Å². The van der Waals surface area contributed by atoms with Crippen molar-refractivity contribution in [2.45, 2.75) is 63.5 Å². The first-order chi connectivity index (χ1) is 13.4. The van der Waals surface area contributed by atoms with E-state index in [1.54, 1.807) is 0 Å². The molecule has 29 heavy (non-hydrogen) atoms. The van der Waals surface area contributed by atoms with Gasteiger partial charge in [-0.25, -0.2) is 4.79 Å². The molecule has 3 unspecified atom stereocenters. The zero-order chi connectivity index (χ0) is 19.9. The van der Waals surface area contributed by atoms with Crippen molar-refractivity contribution in [3.63, 3.8) is 0 Å². The number of amides is 4. The van der Waals surface area contributed by atoms with Crippen LogP contribution in [-0.4, -0.2) is 34.8 Å². The molecule has 1 aliphatic heterocycles. The Balaban J connectivity index is 0.00000240. The normalized spacial score (nSPS) is 28.5. The van der Waals surface area contributed by atoms with E-state index in [-0.39, 0.29) is 42.7 Å². The minimum absolute atomic E-state index is 0. The molecular weight excluding hydrogens is 392 g/mol. The lowest BCUT2D eigenvalue weighted by Crippen LogP contribution is -2.54. The summed E-state index contributed by atoms with van der Waals surface area (Å²) in [6.07, 6.45) is 6.29. The quantitative estimate of drug-likeness (QED) is 0.516. The van der Waals surface area contributed by atoms with Crippen LogP contribution in [0.1, 0.15) is 62.6 Å². The van der Waals surface area contributed by atoms with Crippen LogP contribution in [0.2, 0.25) is 0 Å². The van der Waals surface area contributed by atoms with E-state index in [1.807, 2.05) is 25.1 Å². The zero-order valence-electron chi connectivity index (χ0n) is 16.7. The maximum absolute atomic E-state index is 13.0. The van der Waals surface area contributed by atoms with E-state index in [2.05, 4.69) is 10.6 Å². The number of nitrogen functional groups attached to an aromatic ring is 1. The van der Waals surface area contributed by atoms with Crippen molar-refractivity contribution in [2.24, 2.45) is 5.92 Å². The summed E-state index contributed by atoms with van der Waals surface area (Å²) < 4.78 is 0. The third kappa shape index (κ3) is 3.80. The number of urea groups is 1. The highest BCUT2D eigenvalue weighted by atomic mass is 35.5. The van der Waals surface area contributed by atoms with E-state index in [0.29, 0.717) is 6.42 Å². The van der Waals surface area contributed by atoms with Crippen LogP contribution >= 0.6 is 12.4 Å². The van der Waals surface area contributed by atoms with Crippen molar-refractivity contribution < 1.29 is 14.4 Å². The van der Waals surface area contributed by atoms with E-state index in [9.17, 15) is 14.4 Å². The van der Waals surface area contributed by atoms with E-state index in [0.717, 1.165) is 60.2 Å². The average molecular weight is 421 g/mol. The van der Waals surface area contributed by atoms with Gasteiger partial charge in [0.25, 0.3) is 5.91 Å². The van der Waals surface area contributed by atoms with Gasteiger partial charge in [0.05, 0.1) is 6.04 Å². The van der Waals surface area contributed by atoms with Crippen LogP contribution in [-0.2, 0) is 16.0 Å². The molecule has 1 heterocycles. The number of imide groups is 1. The molecule has 0 radical (unpaired) electrons. The smallest absolute Gasteiger partial charge is 0.325 e. The predicted molar refractivity (Wildman–Crippen MR) is 113 cm³/mol. The van der Waals surface area contributed by atoms with Gasteiger partial charge >= 0.3 is 6.03 Å². The van der Waals surface area contributed by atoms with Crippen molar-refractivity contribution in [1.82, 2.24) is 15.5 Å². The highest BCUT2D eigenvalue weighted by Crippen LogP contribution is 2.38. The maximum Gasteiger partial charge on any atom is 0.325 e. The van der Waals surface area contributed by atoms with Gasteiger partial charge in [-0.2, -0.15) is 0 Å². The second-order valence-electron chi connectivity index (χ2n) is 8.41. The Labute approximate surface area is 177 Å². The average Bonchev–Trinajstić information content (AvgIpc) is 2.89. The molecule has 4 N–H and O–H groups in total. The van der Waals surface area contributed by atoms with Gasteiger partial charge < -0.3 is 16.4 Å². The zero-order valence-corrected chi connectivity index (χ0v) is 17.5. The fourth-order valence-corrected chi connectivity index (χ4v) is 5.01. The van der Waals surface area contributed by atoms with Crippen molar-refractivity contribution in [1.29, 1.82) is 0 Å². The Hall–Kier alpha value is -2.28. The van der Waals surface area contributed by atoms with Gasteiger partial charge in [0.1, 0.15) is 12.1 Å². The summed E-state index contributed by atoms with van der Waals surface area (Å²) in [5.41, 5.74) is 7.99. The predicted octanol–water partition coefficient (Wildman–Crippen LogP) is 2.68. The minimum Gasteiger partial charge on any atom is -0.399 e. The number of fused-ring (bicyclic) bond motifs is 1. The molecule has 1 spiro atoms. The Morgan fingerprint density at radius 2 is 2.07 bits per heavy atom. The fraction of sp³-hybridized carbons (Fsp3) is 0.571. The molecule has 8 heteroatoms. The SMILES string of the molecule is CC1CCCCC12NC(=O)N(CC(=O)NC1CCCc3cc(N)ccc31)C2=O.Cl. The monoisotopic (exact) mass is 420 g/mol. The molecule has 158 valence electrons. The number of nitrogens with one attached hydrogen (secondary N) is 2. The van der Waals surface area contributed by atoms with Crippen LogP contribution in [0.5, 0.6) is 0 Å². The first kappa shape index (κ1) is 21.4. The number of hydrogen-bond donors (Lipinski definition) is 3. The number of hydrogen-bond acceptors (Lipinski definition) is 4. The molecule has 3 aliphatic rings. The number of benzene rings is 1. The van der Waals surface area contributed by atoms with Crippen LogP contribution in [0.4, 0.5) is 10.5 Å². The van der Waals surface area contributed by atoms with Crippen molar-refractivity contribution in [3.05, 3.63) is 29.3 Å². The molecule has 4 rings (SSSR count). The molecule has 3 atom stereocenters. The van der Waals surface area contributed by atoms with E-state index >= 15 is 0 Å². The highest BCUT2D eigenvalue weighted by molar-refractivity contribution is 6.09. The minimum atomic E-state index is -0.829. The molecule has 4 amide bonds. The Morgan fingerprint density at radius 3 is 2.83 bits per heavy atom. The van der Waals surface area contributed by atoms with Crippen LogP contribution in [0.25, 0.3) is 0 Å². The van der Waals surface area contributed by atoms with E-state index in [1.165, 1.54) is 0 Å². The van der Waals surface area contributed by atoms with Gasteiger partial charge in [-0.1, -0.05) is 25.8 Å². The van der Waals surface area contributed by atoms with Gasteiger partial charge in [0.15, 0.2) is 0 Å². The lowest BCUT2D eigenvalue weighted by Gasteiger charge is -2.36. The Morgan fingerprint density at radius 1 is 1.28 bits per heavy atom. The number of anilines is 1. The lowest BCUT2D eigenvalue weighted by atomic mass is 9.73. The first-order valence-electron chi connectivity index (χ1n) is 10.2. The van der Waals surface area contributed by atoms with Crippen molar-refractivity contribution >= 4 is 35.9 Å². The second kappa shape index (κ2) is 8.22. The third-order valence-corrected chi connectivity index (χ3v) is 6.62. The molecule has 0 aromatic heterocycles. The first-order valence-corrected chi connectivity index (χ1v) is 10.2. The van der Waals surface area contributed by atoms with Crippen LogP contribution in [0, 0.1) is 5.92 Å². The molecule has 7 nitrogen and oxygen atoms in total. The summed E-state index contributed by atoms with van der Waals surface area (Å²) in [7, 11) is 0. The number of nitrogens with two attached hydrogens (primary N) is 1. The molecule has 0 bridgehead atoms. The summed E-state index contributed by atoms with van der Waals surface area (Å²) in [6, 6.07) is 5.20. The Bertz CT molecular complexity index is 830. The summed E-state index contributed by atoms with van der Waals surface area (Å²) in [5, 5.41) is 5.90. The van der Waals surface area contributed by atoms with Crippen molar-refractivity contribution in [2.75, 3.05) is 12.3 Å². The number of halogens is 1. The van der Waals surface area contributed by atoms with Gasteiger partial charge in [-0.3, -0.25) is 14.5 Å². The van der Waals surface area contributed by atoms with E-state index < -0.39 is 11.6 Å². The van der Waals surface area contributed by atoms with Crippen molar-refractivity contribution in [3.8, 4) is 0 Å². The second-order valence-corrected chi connectivity index (χ2v) is 8.41. The molecule has 1 aromatic carbocycles. The van der Waals surface area contributed by atoms with E-state index in [4.69, 9.17) is 5.73 Å². The Kier molecular flexibility index (Phi) is 6.08. The molecule has 1 aromatic rings. The number of rotatable bonds is 3. The summed E-state index contributed by atoms with van der Waals surface area (Å²) in [4.78, 5) is 39.2. The maximum atomic E-state index is 13.0.